The van der Waals surface area contributed by atoms with E-state index in [-0.39, 0.29) is 0 Å². The van der Waals surface area contributed by atoms with Crippen molar-refractivity contribution >= 4 is 11.1 Å². The number of rotatable bonds is 4. The molecule has 4 nitrogen and oxygen atoms in total. The summed E-state index contributed by atoms with van der Waals surface area (Å²) in [6.45, 7) is 2.82. The summed E-state index contributed by atoms with van der Waals surface area (Å²) in [4.78, 5) is 2.17. The number of piperidine rings is 1. The molecule has 2 N–H and O–H groups in total. The number of nitrogens with one attached hydrogen (secondary N) is 1. The summed E-state index contributed by atoms with van der Waals surface area (Å²) < 4.78 is 19.1. The predicted octanol–water partition coefficient (Wildman–Crippen LogP) is -0.108. The molecule has 13 heavy (non-hydrogen) atoms. The van der Waals surface area contributed by atoms with Crippen LogP contribution < -0.4 is 5.32 Å². The Hall–Kier alpha value is 0.0300. The summed E-state index contributed by atoms with van der Waals surface area (Å²) >= 11 is -1.65. The molecule has 0 radical (unpaired) electrons. The van der Waals surface area contributed by atoms with Crippen LogP contribution in [0.3, 0.4) is 0 Å². The van der Waals surface area contributed by atoms with Gasteiger partial charge in [0.05, 0.1) is 5.75 Å². The number of likely N-dealkylation sites (N-methyl/N-ethyl adjacent to an activating group) is 1. The Morgan fingerprint density at radius 2 is 2.46 bits per heavy atom. The van der Waals surface area contributed by atoms with Crippen LogP contribution in [-0.4, -0.2) is 52.1 Å². The van der Waals surface area contributed by atoms with Crippen LogP contribution in [-0.2, 0) is 11.1 Å². The zero-order chi connectivity index (χ0) is 9.68. The van der Waals surface area contributed by atoms with Gasteiger partial charge in [-0.1, -0.05) is 0 Å². The summed E-state index contributed by atoms with van der Waals surface area (Å²) in [5, 5.41) is 3.32. The average molecular weight is 206 g/mol. The molecule has 2 atom stereocenters. The molecule has 1 aliphatic heterocycles. The fourth-order valence-electron chi connectivity index (χ4n) is 1.61. The average Bonchev–Trinajstić information content (AvgIpc) is 2.15. The fraction of sp³-hybridized carbons (Fsp3) is 1.00. The number of hydrogen-bond acceptors (Lipinski definition) is 3. The Morgan fingerprint density at radius 3 is 3.00 bits per heavy atom. The summed E-state index contributed by atoms with van der Waals surface area (Å²) in [6, 6.07) is 0.539. The first-order chi connectivity index (χ1) is 6.20. The van der Waals surface area contributed by atoms with Crippen molar-refractivity contribution in [2.45, 2.75) is 18.9 Å². The van der Waals surface area contributed by atoms with E-state index in [1.165, 1.54) is 12.8 Å². The van der Waals surface area contributed by atoms with Gasteiger partial charge in [-0.05, 0) is 26.4 Å². The van der Waals surface area contributed by atoms with Gasteiger partial charge in [-0.25, -0.2) is 4.21 Å². The van der Waals surface area contributed by atoms with Gasteiger partial charge in [0.2, 0.25) is 0 Å². The van der Waals surface area contributed by atoms with Crippen molar-refractivity contribution in [2.24, 2.45) is 0 Å². The Morgan fingerprint density at radius 1 is 1.69 bits per heavy atom. The Bertz CT molecular complexity index is 172. The largest absolute Gasteiger partial charge is 0.315 e. The number of hydrogen-bond donors (Lipinski definition) is 2. The van der Waals surface area contributed by atoms with Gasteiger partial charge in [0, 0.05) is 19.1 Å². The van der Waals surface area contributed by atoms with Crippen LogP contribution in [0, 0.1) is 0 Å². The molecule has 1 aliphatic rings. The Kier molecular flexibility index (Phi) is 4.87. The molecule has 0 aromatic carbocycles. The van der Waals surface area contributed by atoms with Crippen LogP contribution in [0.1, 0.15) is 12.8 Å². The van der Waals surface area contributed by atoms with Crippen molar-refractivity contribution in [1.82, 2.24) is 10.2 Å². The minimum Gasteiger partial charge on any atom is -0.315 e. The molecule has 0 aliphatic carbocycles. The van der Waals surface area contributed by atoms with E-state index in [2.05, 4.69) is 10.2 Å². The van der Waals surface area contributed by atoms with Crippen molar-refractivity contribution in [3.63, 3.8) is 0 Å². The molecule has 1 heterocycles. The van der Waals surface area contributed by atoms with E-state index in [0.717, 1.165) is 13.1 Å². The maximum Gasteiger partial charge on any atom is 0.154 e. The molecular weight excluding hydrogens is 188 g/mol. The molecule has 1 saturated heterocycles. The lowest BCUT2D eigenvalue weighted by Crippen LogP contribution is -2.45. The van der Waals surface area contributed by atoms with Crippen molar-refractivity contribution in [2.75, 3.05) is 32.4 Å². The lowest BCUT2D eigenvalue weighted by molar-refractivity contribution is 0.213. The van der Waals surface area contributed by atoms with Gasteiger partial charge in [-0.3, -0.25) is 0 Å². The molecule has 1 fully saturated rings. The highest BCUT2D eigenvalue weighted by Gasteiger charge is 2.17. The maximum absolute atomic E-state index is 10.5. The standard InChI is InChI=1S/C8H18N2O2S/c1-10(5-6-13(11)12)8-3-2-4-9-7-8/h8-9H,2-7H2,1H3,(H,11,12). The van der Waals surface area contributed by atoms with E-state index < -0.39 is 11.1 Å². The van der Waals surface area contributed by atoms with Gasteiger partial charge in [0.1, 0.15) is 0 Å². The number of nitrogens with zero attached hydrogens (tertiary/aromatic N) is 1. The monoisotopic (exact) mass is 206 g/mol. The zero-order valence-electron chi connectivity index (χ0n) is 8.03. The van der Waals surface area contributed by atoms with Crippen LogP contribution in [0.25, 0.3) is 0 Å². The van der Waals surface area contributed by atoms with E-state index in [9.17, 15) is 4.21 Å². The predicted molar refractivity (Wildman–Crippen MR) is 54.2 cm³/mol. The molecule has 0 aromatic rings. The molecular formula is C8H18N2O2S. The third kappa shape index (κ3) is 4.17. The quantitative estimate of drug-likeness (QED) is 0.630. The maximum atomic E-state index is 10.5. The van der Waals surface area contributed by atoms with Gasteiger partial charge in [0.15, 0.2) is 11.1 Å². The van der Waals surface area contributed by atoms with E-state index in [4.69, 9.17) is 4.55 Å². The van der Waals surface area contributed by atoms with Crippen LogP contribution in [0.15, 0.2) is 0 Å². The van der Waals surface area contributed by atoms with Crippen molar-refractivity contribution in [3.8, 4) is 0 Å². The summed E-state index contributed by atoms with van der Waals surface area (Å²) in [7, 11) is 2.02. The molecule has 0 saturated carbocycles. The summed E-state index contributed by atoms with van der Waals surface area (Å²) in [5.41, 5.74) is 0. The van der Waals surface area contributed by atoms with Gasteiger partial charge in [0.25, 0.3) is 0 Å². The molecule has 5 heteroatoms. The molecule has 0 amide bonds. The summed E-state index contributed by atoms with van der Waals surface area (Å²) in [6.07, 6.45) is 2.40. The lowest BCUT2D eigenvalue weighted by atomic mass is 10.1. The minimum absolute atomic E-state index is 0.354. The van der Waals surface area contributed by atoms with Crippen LogP contribution in [0.4, 0.5) is 0 Å². The van der Waals surface area contributed by atoms with E-state index in [1.54, 1.807) is 0 Å². The van der Waals surface area contributed by atoms with Crippen molar-refractivity contribution in [3.05, 3.63) is 0 Å². The topological polar surface area (TPSA) is 52.6 Å². The van der Waals surface area contributed by atoms with Crippen LogP contribution >= 0.6 is 0 Å². The third-order valence-corrected chi connectivity index (χ3v) is 3.04. The highest BCUT2D eigenvalue weighted by molar-refractivity contribution is 7.79. The molecule has 1 rings (SSSR count). The van der Waals surface area contributed by atoms with Gasteiger partial charge in [-0.15, -0.1) is 0 Å². The highest BCUT2D eigenvalue weighted by Crippen LogP contribution is 2.07. The second-order valence-electron chi connectivity index (χ2n) is 3.51. The van der Waals surface area contributed by atoms with E-state index in [0.29, 0.717) is 18.3 Å². The Labute approximate surface area is 82.0 Å². The van der Waals surface area contributed by atoms with E-state index in [1.807, 2.05) is 7.05 Å². The molecule has 0 bridgehead atoms. The van der Waals surface area contributed by atoms with Gasteiger partial charge in [-0.2, -0.15) is 0 Å². The zero-order valence-corrected chi connectivity index (χ0v) is 8.85. The molecule has 78 valence electrons. The van der Waals surface area contributed by atoms with Crippen LogP contribution in [0.2, 0.25) is 0 Å². The first-order valence-electron chi connectivity index (χ1n) is 4.68. The first-order valence-corrected chi connectivity index (χ1v) is 5.96. The second kappa shape index (κ2) is 5.70. The van der Waals surface area contributed by atoms with Gasteiger partial charge < -0.3 is 14.8 Å². The van der Waals surface area contributed by atoms with Crippen molar-refractivity contribution < 1.29 is 8.76 Å². The third-order valence-electron chi connectivity index (χ3n) is 2.51. The summed E-state index contributed by atoms with van der Waals surface area (Å²) in [5.74, 6) is 0.354. The molecule has 2 unspecified atom stereocenters. The SMILES string of the molecule is CN(CCS(=O)O)C1CCCNC1. The molecule has 0 spiro atoms. The highest BCUT2D eigenvalue weighted by atomic mass is 32.2. The smallest absolute Gasteiger partial charge is 0.154 e. The van der Waals surface area contributed by atoms with Crippen molar-refractivity contribution in [1.29, 1.82) is 0 Å². The normalized spacial score (nSPS) is 26.2. The first kappa shape index (κ1) is 11.1. The fourth-order valence-corrected chi connectivity index (χ4v) is 2.06. The van der Waals surface area contributed by atoms with Crippen LogP contribution in [0.5, 0.6) is 0 Å². The minimum atomic E-state index is -1.65. The Balaban J connectivity index is 2.20. The second-order valence-corrected chi connectivity index (χ2v) is 4.56. The lowest BCUT2D eigenvalue weighted by Gasteiger charge is -2.31. The van der Waals surface area contributed by atoms with E-state index >= 15 is 0 Å². The van der Waals surface area contributed by atoms with Gasteiger partial charge >= 0.3 is 0 Å². The molecule has 0 aromatic heterocycles.